The molecular weight excluding hydrogens is 398 g/mol. The lowest BCUT2D eigenvalue weighted by Gasteiger charge is -2.29. The van der Waals surface area contributed by atoms with Crippen LogP contribution >= 0.6 is 11.3 Å². The predicted molar refractivity (Wildman–Crippen MR) is 114 cm³/mol. The van der Waals surface area contributed by atoms with Crippen LogP contribution in [0.4, 0.5) is 11.6 Å². The van der Waals surface area contributed by atoms with Gasteiger partial charge in [-0.05, 0) is 18.6 Å². The number of aryl methyl sites for hydroxylation is 2. The Morgan fingerprint density at radius 2 is 2.03 bits per heavy atom. The fraction of sp³-hybridized carbons (Fsp3) is 0.190. The Hall–Kier alpha value is -3.59. The molecule has 0 aliphatic carbocycles. The van der Waals surface area contributed by atoms with Gasteiger partial charge in [-0.2, -0.15) is 5.10 Å². The van der Waals surface area contributed by atoms with Gasteiger partial charge in [0.05, 0.1) is 28.3 Å². The molecule has 9 heteroatoms. The van der Waals surface area contributed by atoms with E-state index < -0.39 is 5.54 Å². The second kappa shape index (κ2) is 7.03. The SMILES string of the molecule is Cc1nc2c(s1)C(=O)NC2(Cc1ccccc1)c1ccnc(Nc2cnn(C)c2)n1. The van der Waals surface area contributed by atoms with Gasteiger partial charge >= 0.3 is 0 Å². The summed E-state index contributed by atoms with van der Waals surface area (Å²) in [6.07, 6.45) is 5.78. The maximum atomic E-state index is 12.8. The molecule has 0 radical (unpaired) electrons. The number of thiazole rings is 1. The molecule has 0 bridgehead atoms. The van der Waals surface area contributed by atoms with E-state index in [1.165, 1.54) is 11.3 Å². The number of anilines is 2. The van der Waals surface area contributed by atoms with Crippen molar-refractivity contribution in [1.82, 2.24) is 30.0 Å². The van der Waals surface area contributed by atoms with Crippen LogP contribution in [0.25, 0.3) is 0 Å². The lowest BCUT2D eigenvalue weighted by atomic mass is 9.85. The third kappa shape index (κ3) is 3.13. The Bertz CT molecular complexity index is 1230. The monoisotopic (exact) mass is 417 g/mol. The molecule has 0 saturated carbocycles. The second-order valence-electron chi connectivity index (χ2n) is 7.23. The van der Waals surface area contributed by atoms with Crippen molar-refractivity contribution >= 4 is 28.9 Å². The smallest absolute Gasteiger partial charge is 0.264 e. The van der Waals surface area contributed by atoms with E-state index >= 15 is 0 Å². The largest absolute Gasteiger partial charge is 0.334 e. The summed E-state index contributed by atoms with van der Waals surface area (Å²) >= 11 is 1.41. The summed E-state index contributed by atoms with van der Waals surface area (Å²) < 4.78 is 1.70. The number of aromatic nitrogens is 5. The summed E-state index contributed by atoms with van der Waals surface area (Å²) in [6.45, 7) is 1.92. The molecule has 2 N–H and O–H groups in total. The van der Waals surface area contributed by atoms with Crippen LogP contribution in [0.15, 0.2) is 55.0 Å². The van der Waals surface area contributed by atoms with Crippen LogP contribution in [0.3, 0.4) is 0 Å². The first-order valence-electron chi connectivity index (χ1n) is 9.47. The number of hydrogen-bond donors (Lipinski definition) is 2. The number of nitrogens with one attached hydrogen (secondary N) is 2. The Labute approximate surface area is 177 Å². The van der Waals surface area contributed by atoms with Crippen molar-refractivity contribution in [1.29, 1.82) is 0 Å². The zero-order valence-electron chi connectivity index (χ0n) is 16.5. The summed E-state index contributed by atoms with van der Waals surface area (Å²) in [6, 6.07) is 11.9. The lowest BCUT2D eigenvalue weighted by Crippen LogP contribution is -2.44. The summed E-state index contributed by atoms with van der Waals surface area (Å²) in [5, 5.41) is 11.4. The van der Waals surface area contributed by atoms with Gasteiger partial charge < -0.3 is 10.6 Å². The molecule has 1 aliphatic rings. The molecule has 4 aromatic rings. The summed E-state index contributed by atoms with van der Waals surface area (Å²) in [5.74, 6) is 0.314. The van der Waals surface area contributed by atoms with E-state index in [0.29, 0.717) is 22.9 Å². The number of fused-ring (bicyclic) bond motifs is 1. The molecule has 0 saturated heterocycles. The molecule has 4 heterocycles. The van der Waals surface area contributed by atoms with E-state index in [1.807, 2.05) is 56.6 Å². The van der Waals surface area contributed by atoms with Crippen LogP contribution < -0.4 is 10.6 Å². The van der Waals surface area contributed by atoms with Crippen molar-refractivity contribution in [3.8, 4) is 0 Å². The molecule has 0 fully saturated rings. The van der Waals surface area contributed by atoms with Crippen LogP contribution in [0.2, 0.25) is 0 Å². The van der Waals surface area contributed by atoms with E-state index in [0.717, 1.165) is 22.0 Å². The quantitative estimate of drug-likeness (QED) is 0.518. The number of benzene rings is 1. The van der Waals surface area contributed by atoms with Crippen molar-refractivity contribution in [3.63, 3.8) is 0 Å². The maximum absolute atomic E-state index is 12.8. The van der Waals surface area contributed by atoms with E-state index in [2.05, 4.69) is 20.7 Å². The van der Waals surface area contributed by atoms with Gasteiger partial charge in [0.15, 0.2) is 0 Å². The Morgan fingerprint density at radius 1 is 1.20 bits per heavy atom. The Kier molecular flexibility index (Phi) is 4.32. The average Bonchev–Trinajstić information content (AvgIpc) is 3.39. The van der Waals surface area contributed by atoms with Crippen molar-refractivity contribution in [2.24, 2.45) is 7.05 Å². The average molecular weight is 417 g/mol. The molecule has 5 rings (SSSR count). The number of nitrogens with zero attached hydrogens (tertiary/aromatic N) is 5. The molecule has 8 nitrogen and oxygen atoms in total. The maximum Gasteiger partial charge on any atom is 0.264 e. The molecule has 1 amide bonds. The van der Waals surface area contributed by atoms with Crippen molar-refractivity contribution in [2.45, 2.75) is 18.9 Å². The first-order chi connectivity index (χ1) is 14.5. The summed E-state index contributed by atoms with van der Waals surface area (Å²) in [4.78, 5) is 27.3. The molecular formula is C21H19N7OS. The first kappa shape index (κ1) is 18.4. The van der Waals surface area contributed by atoms with Gasteiger partial charge in [-0.25, -0.2) is 15.0 Å². The van der Waals surface area contributed by atoms with Gasteiger partial charge in [0.2, 0.25) is 5.95 Å². The highest BCUT2D eigenvalue weighted by atomic mass is 32.1. The van der Waals surface area contributed by atoms with Crippen molar-refractivity contribution in [3.05, 3.63) is 81.8 Å². The van der Waals surface area contributed by atoms with Crippen LogP contribution in [-0.2, 0) is 19.0 Å². The fourth-order valence-electron chi connectivity index (χ4n) is 3.76. The Morgan fingerprint density at radius 3 is 2.80 bits per heavy atom. The van der Waals surface area contributed by atoms with Gasteiger partial charge in [0.1, 0.15) is 10.4 Å². The van der Waals surface area contributed by atoms with Crippen LogP contribution in [0.5, 0.6) is 0 Å². The van der Waals surface area contributed by atoms with Gasteiger partial charge in [-0.3, -0.25) is 9.48 Å². The van der Waals surface area contributed by atoms with Gasteiger partial charge in [0.25, 0.3) is 5.91 Å². The van der Waals surface area contributed by atoms with Crippen molar-refractivity contribution in [2.75, 3.05) is 5.32 Å². The number of rotatable bonds is 5. The molecule has 150 valence electrons. The van der Waals surface area contributed by atoms with E-state index in [9.17, 15) is 4.79 Å². The predicted octanol–water partition coefficient (Wildman–Crippen LogP) is 2.95. The zero-order valence-corrected chi connectivity index (χ0v) is 17.3. The van der Waals surface area contributed by atoms with Crippen LogP contribution in [-0.4, -0.2) is 30.6 Å². The van der Waals surface area contributed by atoms with Gasteiger partial charge in [-0.1, -0.05) is 30.3 Å². The van der Waals surface area contributed by atoms with E-state index in [1.54, 1.807) is 17.1 Å². The van der Waals surface area contributed by atoms with Gasteiger partial charge in [0, 0.05) is 25.9 Å². The van der Waals surface area contributed by atoms with Gasteiger partial charge in [-0.15, -0.1) is 11.3 Å². The number of carbonyl (C=O) groups excluding carboxylic acids is 1. The topological polar surface area (TPSA) is 97.6 Å². The minimum absolute atomic E-state index is 0.119. The molecule has 3 aromatic heterocycles. The van der Waals surface area contributed by atoms with Crippen molar-refractivity contribution < 1.29 is 4.79 Å². The first-order valence-corrected chi connectivity index (χ1v) is 10.3. The minimum atomic E-state index is -0.854. The summed E-state index contributed by atoms with van der Waals surface area (Å²) in [5.41, 5.74) is 2.42. The molecule has 1 aromatic carbocycles. The standard InChI is InChI=1S/C21H19N7OS/c1-13-24-18-17(30-13)19(29)27-21(18,10-14-6-4-3-5-7-14)16-8-9-22-20(26-16)25-15-11-23-28(2)12-15/h3-9,11-12H,10H2,1-2H3,(H,27,29)(H,22,25,26). The highest BCUT2D eigenvalue weighted by Crippen LogP contribution is 2.41. The molecule has 30 heavy (non-hydrogen) atoms. The highest BCUT2D eigenvalue weighted by molar-refractivity contribution is 7.13. The van der Waals surface area contributed by atoms with E-state index in [-0.39, 0.29) is 5.91 Å². The second-order valence-corrected chi connectivity index (χ2v) is 8.43. The fourth-order valence-corrected chi connectivity index (χ4v) is 4.65. The van der Waals surface area contributed by atoms with Crippen LogP contribution in [0.1, 0.15) is 31.6 Å². The normalized spacial score (nSPS) is 17.6. The third-order valence-electron chi connectivity index (χ3n) is 5.04. The molecule has 1 aliphatic heterocycles. The number of carbonyl (C=O) groups is 1. The Balaban J connectivity index is 1.61. The molecule has 1 unspecified atom stereocenters. The third-order valence-corrected chi connectivity index (χ3v) is 6.01. The lowest BCUT2D eigenvalue weighted by molar-refractivity contribution is 0.0941. The van der Waals surface area contributed by atoms with E-state index in [4.69, 9.17) is 9.97 Å². The summed E-state index contributed by atoms with van der Waals surface area (Å²) in [7, 11) is 1.84. The minimum Gasteiger partial charge on any atom is -0.334 e. The molecule has 0 spiro atoms. The highest BCUT2D eigenvalue weighted by Gasteiger charge is 2.48. The number of hydrogen-bond acceptors (Lipinski definition) is 7. The zero-order chi connectivity index (χ0) is 20.7. The van der Waals surface area contributed by atoms with Crippen LogP contribution in [0, 0.1) is 6.92 Å². The molecule has 1 atom stereocenters. The number of amides is 1.